The predicted molar refractivity (Wildman–Crippen MR) is 78.3 cm³/mol. The van der Waals surface area contributed by atoms with Crippen LogP contribution in [0, 0.1) is 5.92 Å². The summed E-state index contributed by atoms with van der Waals surface area (Å²) in [6.45, 7) is 10.6. The summed E-state index contributed by atoms with van der Waals surface area (Å²) in [7, 11) is 0. The minimum absolute atomic E-state index is 0. The zero-order chi connectivity index (χ0) is 13.1. The monoisotopic (exact) mass is 246 g/mol. The summed E-state index contributed by atoms with van der Waals surface area (Å²) >= 11 is 0. The molecule has 0 heterocycles. The number of amides is 1. The highest BCUT2D eigenvalue weighted by atomic mass is 16.1. The number of rotatable bonds is 10. The summed E-state index contributed by atoms with van der Waals surface area (Å²) in [5, 5.41) is 6.33. The van der Waals surface area contributed by atoms with Gasteiger partial charge in [0.05, 0.1) is 0 Å². The van der Waals surface area contributed by atoms with Gasteiger partial charge in [-0.25, -0.2) is 0 Å². The quantitative estimate of drug-likeness (QED) is 0.581. The van der Waals surface area contributed by atoms with Crippen LogP contribution in [0.1, 0.15) is 62.7 Å². The first-order chi connectivity index (χ1) is 8.02. The maximum Gasteiger partial charge on any atom is 0.219 e. The Kier molecular flexibility index (Phi) is 10.2. The second-order valence-electron chi connectivity index (χ2n) is 5.45. The van der Waals surface area contributed by atoms with Crippen molar-refractivity contribution in [3.05, 3.63) is 0 Å². The van der Waals surface area contributed by atoms with Gasteiger partial charge in [0.1, 0.15) is 0 Å². The lowest BCUT2D eigenvalue weighted by Crippen LogP contribution is -2.26. The van der Waals surface area contributed by atoms with Gasteiger partial charge in [-0.05, 0) is 38.1 Å². The summed E-state index contributed by atoms with van der Waals surface area (Å²) in [6.07, 6.45) is 5.02. The van der Waals surface area contributed by atoms with Crippen molar-refractivity contribution in [2.24, 2.45) is 5.92 Å². The van der Waals surface area contributed by atoms with Crippen molar-refractivity contribution in [1.82, 2.24) is 10.6 Å². The fraction of sp³-hybridized carbons (Fsp3) is 0.929. The summed E-state index contributed by atoms with van der Waals surface area (Å²) in [6, 6.07) is 0.542. The molecule has 0 rings (SSSR count). The summed E-state index contributed by atoms with van der Waals surface area (Å²) in [5.41, 5.74) is 0. The molecule has 0 unspecified atom stereocenters. The Bertz CT molecular complexity index is 200. The average Bonchev–Trinajstić information content (AvgIpc) is 2.23. The summed E-state index contributed by atoms with van der Waals surface area (Å²) < 4.78 is 0. The van der Waals surface area contributed by atoms with Gasteiger partial charge in [-0.2, -0.15) is 0 Å². The van der Waals surface area contributed by atoms with Crippen molar-refractivity contribution < 1.29 is 7.65 Å². The number of hydrogen-bond acceptors (Lipinski definition) is 2. The number of unbranched alkanes of at least 4 members (excludes halogenated alkanes) is 1. The van der Waals surface area contributed by atoms with E-state index in [9.17, 15) is 4.79 Å². The first kappa shape index (κ1) is 16.4. The van der Waals surface area contributed by atoms with Crippen molar-refractivity contribution in [3.8, 4) is 0 Å². The van der Waals surface area contributed by atoms with Gasteiger partial charge >= 0.3 is 0 Å². The topological polar surface area (TPSA) is 41.1 Å². The van der Waals surface area contributed by atoms with E-state index in [1.165, 1.54) is 6.42 Å². The van der Waals surface area contributed by atoms with E-state index in [0.29, 0.717) is 12.5 Å². The second kappa shape index (κ2) is 10.6. The Balaban J connectivity index is -0.00000128. The molecule has 0 atom stereocenters. The van der Waals surface area contributed by atoms with Crippen LogP contribution in [-0.4, -0.2) is 25.0 Å². The molecule has 0 saturated heterocycles. The van der Waals surface area contributed by atoms with Crippen LogP contribution in [0.5, 0.6) is 0 Å². The van der Waals surface area contributed by atoms with Crippen LogP contribution >= 0.6 is 0 Å². The molecule has 0 bridgehead atoms. The standard InChI is InChI=1S/C14H30N2O.2H2/c1-12(2)8-7-11-16-14(17)9-5-6-10-15-13(3)4;;/h12-13,15H,5-11H2,1-4H3,(H,16,17);2*1H. The molecule has 0 aromatic heterocycles. The molecular weight excluding hydrogens is 212 g/mol. The molecule has 0 aromatic rings. The van der Waals surface area contributed by atoms with Gasteiger partial charge in [-0.15, -0.1) is 0 Å². The fourth-order valence-electron chi connectivity index (χ4n) is 1.63. The van der Waals surface area contributed by atoms with E-state index in [-0.39, 0.29) is 8.76 Å². The van der Waals surface area contributed by atoms with Crippen molar-refractivity contribution in [2.75, 3.05) is 13.1 Å². The highest BCUT2D eigenvalue weighted by Gasteiger charge is 2.01. The van der Waals surface area contributed by atoms with Gasteiger partial charge in [-0.3, -0.25) is 4.79 Å². The lowest BCUT2D eigenvalue weighted by Gasteiger charge is -2.08. The third-order valence-electron chi connectivity index (χ3n) is 2.66. The molecular formula is C14H34N2O. The van der Waals surface area contributed by atoms with Crippen molar-refractivity contribution in [1.29, 1.82) is 0 Å². The molecule has 3 heteroatoms. The molecule has 1 amide bonds. The minimum Gasteiger partial charge on any atom is -0.356 e. The Hall–Kier alpha value is -0.570. The van der Waals surface area contributed by atoms with Crippen LogP contribution in [0.4, 0.5) is 0 Å². The molecule has 17 heavy (non-hydrogen) atoms. The lowest BCUT2D eigenvalue weighted by molar-refractivity contribution is -0.121. The van der Waals surface area contributed by atoms with Crippen molar-refractivity contribution in [3.63, 3.8) is 0 Å². The van der Waals surface area contributed by atoms with Crippen LogP contribution in [-0.2, 0) is 4.79 Å². The number of nitrogens with one attached hydrogen (secondary N) is 2. The Morgan fingerprint density at radius 1 is 1.06 bits per heavy atom. The third-order valence-corrected chi connectivity index (χ3v) is 2.66. The Labute approximate surface area is 110 Å². The SMILES string of the molecule is CC(C)CCCNC(=O)CCCCNC(C)C.[HH].[HH]. The smallest absolute Gasteiger partial charge is 0.219 e. The van der Waals surface area contributed by atoms with Gasteiger partial charge < -0.3 is 10.6 Å². The van der Waals surface area contributed by atoms with Gasteiger partial charge in [0.15, 0.2) is 0 Å². The zero-order valence-electron chi connectivity index (χ0n) is 12.0. The highest BCUT2D eigenvalue weighted by molar-refractivity contribution is 5.75. The van der Waals surface area contributed by atoms with Gasteiger partial charge in [0.25, 0.3) is 0 Å². The zero-order valence-corrected chi connectivity index (χ0v) is 12.0. The Morgan fingerprint density at radius 2 is 1.76 bits per heavy atom. The molecule has 0 fully saturated rings. The van der Waals surface area contributed by atoms with Crippen LogP contribution in [0.2, 0.25) is 0 Å². The van der Waals surface area contributed by atoms with Gasteiger partial charge in [-0.1, -0.05) is 27.7 Å². The van der Waals surface area contributed by atoms with Crippen LogP contribution in [0.25, 0.3) is 0 Å². The van der Waals surface area contributed by atoms with Gasteiger partial charge in [0, 0.05) is 21.9 Å². The van der Waals surface area contributed by atoms with E-state index in [1.54, 1.807) is 0 Å². The summed E-state index contributed by atoms with van der Waals surface area (Å²) in [4.78, 5) is 11.5. The number of hydrogen-bond donors (Lipinski definition) is 2. The van der Waals surface area contributed by atoms with E-state index < -0.39 is 0 Å². The first-order valence-electron chi connectivity index (χ1n) is 7.02. The average molecular weight is 246 g/mol. The second-order valence-corrected chi connectivity index (χ2v) is 5.45. The van der Waals surface area contributed by atoms with E-state index in [4.69, 9.17) is 0 Å². The molecule has 0 aromatic carbocycles. The maximum atomic E-state index is 11.5. The molecule has 0 aliphatic carbocycles. The van der Waals surface area contributed by atoms with Crippen molar-refractivity contribution >= 4 is 5.91 Å². The van der Waals surface area contributed by atoms with E-state index in [2.05, 4.69) is 38.3 Å². The fourth-order valence-corrected chi connectivity index (χ4v) is 1.63. The third kappa shape index (κ3) is 13.4. The minimum atomic E-state index is 0. The van der Waals surface area contributed by atoms with E-state index >= 15 is 0 Å². The molecule has 0 aliphatic heterocycles. The molecule has 0 spiro atoms. The highest BCUT2D eigenvalue weighted by Crippen LogP contribution is 2.02. The van der Waals surface area contributed by atoms with Crippen LogP contribution in [0.3, 0.4) is 0 Å². The molecule has 0 radical (unpaired) electrons. The van der Waals surface area contributed by atoms with E-state index in [0.717, 1.165) is 38.3 Å². The first-order valence-corrected chi connectivity index (χ1v) is 7.02. The Morgan fingerprint density at radius 3 is 2.35 bits per heavy atom. The van der Waals surface area contributed by atoms with Crippen molar-refractivity contribution in [2.45, 2.75) is 65.8 Å². The van der Waals surface area contributed by atoms with Crippen LogP contribution < -0.4 is 10.6 Å². The number of carbonyl (C=O) groups excluding carboxylic acids is 1. The maximum absolute atomic E-state index is 11.5. The number of carbonyl (C=O) groups is 1. The summed E-state index contributed by atoms with van der Waals surface area (Å²) in [5.74, 6) is 0.937. The molecule has 106 valence electrons. The van der Waals surface area contributed by atoms with Crippen LogP contribution in [0.15, 0.2) is 0 Å². The molecule has 0 saturated carbocycles. The largest absolute Gasteiger partial charge is 0.356 e. The van der Waals surface area contributed by atoms with Gasteiger partial charge in [0.2, 0.25) is 5.91 Å². The molecule has 2 N–H and O–H groups in total. The molecule has 0 aliphatic rings. The lowest BCUT2D eigenvalue weighted by atomic mass is 10.1. The van der Waals surface area contributed by atoms with E-state index in [1.807, 2.05) is 0 Å². The normalized spacial score (nSPS) is 11.2. The molecule has 3 nitrogen and oxygen atoms in total. The predicted octanol–water partition coefficient (Wildman–Crippen LogP) is 3.20.